The van der Waals surface area contributed by atoms with E-state index in [1.54, 1.807) is 37.1 Å². The molecule has 1 aromatic heterocycles. The molecule has 0 aliphatic heterocycles. The van der Waals surface area contributed by atoms with Crippen molar-refractivity contribution in [3.63, 3.8) is 0 Å². The standard InChI is InChI=1S/C24H27ClN4O2/c1-26-24(27-13-12-20-10-11-21(31-2)15-22(20)25)28-16-18-6-8-19(9-7-18)17-29-14-4-3-5-23(29)30/h3-11,14-15H,12-13,16-17H2,1-2H3,(H2,26,27,28). The van der Waals surface area contributed by atoms with Crippen molar-refractivity contribution < 1.29 is 4.74 Å². The highest BCUT2D eigenvalue weighted by atomic mass is 35.5. The van der Waals surface area contributed by atoms with E-state index in [4.69, 9.17) is 16.3 Å². The van der Waals surface area contributed by atoms with E-state index in [9.17, 15) is 4.79 Å². The summed E-state index contributed by atoms with van der Waals surface area (Å²) in [7, 11) is 3.37. The van der Waals surface area contributed by atoms with Crippen LogP contribution in [0.2, 0.25) is 5.02 Å². The van der Waals surface area contributed by atoms with Crippen molar-refractivity contribution in [3.05, 3.63) is 98.9 Å². The molecule has 1 heterocycles. The lowest BCUT2D eigenvalue weighted by Gasteiger charge is -2.13. The maximum atomic E-state index is 11.8. The molecule has 0 saturated carbocycles. The molecule has 0 amide bonds. The molecule has 0 atom stereocenters. The quantitative estimate of drug-likeness (QED) is 0.417. The van der Waals surface area contributed by atoms with Crippen molar-refractivity contribution >= 4 is 17.6 Å². The van der Waals surface area contributed by atoms with Crippen LogP contribution in [-0.4, -0.2) is 31.2 Å². The molecule has 0 saturated heterocycles. The van der Waals surface area contributed by atoms with Gasteiger partial charge in [-0.2, -0.15) is 0 Å². The molecule has 162 valence electrons. The van der Waals surface area contributed by atoms with Crippen LogP contribution in [-0.2, 0) is 19.5 Å². The molecule has 2 N–H and O–H groups in total. The van der Waals surface area contributed by atoms with Gasteiger partial charge in [0.1, 0.15) is 5.75 Å². The van der Waals surface area contributed by atoms with E-state index in [0.717, 1.165) is 34.8 Å². The lowest BCUT2D eigenvalue weighted by molar-refractivity contribution is 0.414. The van der Waals surface area contributed by atoms with Crippen LogP contribution in [0.15, 0.2) is 76.6 Å². The summed E-state index contributed by atoms with van der Waals surface area (Å²) in [4.78, 5) is 16.1. The number of methoxy groups -OCH3 is 1. The average Bonchev–Trinajstić information content (AvgIpc) is 2.79. The van der Waals surface area contributed by atoms with E-state index in [0.29, 0.717) is 24.7 Å². The predicted molar refractivity (Wildman–Crippen MR) is 126 cm³/mol. The molecule has 0 aliphatic rings. The fourth-order valence-electron chi connectivity index (χ4n) is 3.13. The highest BCUT2D eigenvalue weighted by Gasteiger charge is 2.04. The maximum absolute atomic E-state index is 11.8. The van der Waals surface area contributed by atoms with Crippen molar-refractivity contribution in [3.8, 4) is 5.75 Å². The third-order valence-electron chi connectivity index (χ3n) is 4.91. The zero-order chi connectivity index (χ0) is 22.1. The number of benzene rings is 2. The summed E-state index contributed by atoms with van der Waals surface area (Å²) in [6.45, 7) is 1.91. The van der Waals surface area contributed by atoms with Crippen LogP contribution in [0.3, 0.4) is 0 Å². The van der Waals surface area contributed by atoms with Gasteiger partial charge in [-0.25, -0.2) is 0 Å². The minimum Gasteiger partial charge on any atom is -0.497 e. The molecule has 31 heavy (non-hydrogen) atoms. The number of hydrogen-bond acceptors (Lipinski definition) is 3. The second kappa shape index (κ2) is 11.2. The molecule has 0 aliphatic carbocycles. The first-order valence-corrected chi connectivity index (χ1v) is 10.5. The Bertz CT molecular complexity index is 1080. The Kier molecular flexibility index (Phi) is 8.12. The second-order valence-electron chi connectivity index (χ2n) is 7.04. The van der Waals surface area contributed by atoms with Crippen LogP contribution >= 0.6 is 11.6 Å². The second-order valence-corrected chi connectivity index (χ2v) is 7.45. The molecule has 0 bridgehead atoms. The van der Waals surface area contributed by atoms with Crippen molar-refractivity contribution in [2.75, 3.05) is 20.7 Å². The number of halogens is 1. The molecule has 3 aromatic rings. The van der Waals surface area contributed by atoms with E-state index in [-0.39, 0.29) is 5.56 Å². The Morgan fingerprint density at radius 3 is 2.52 bits per heavy atom. The number of nitrogens with zero attached hydrogens (tertiary/aromatic N) is 2. The third kappa shape index (κ3) is 6.62. The lowest BCUT2D eigenvalue weighted by Crippen LogP contribution is -2.37. The van der Waals surface area contributed by atoms with Gasteiger partial charge in [-0.15, -0.1) is 0 Å². The van der Waals surface area contributed by atoms with Gasteiger partial charge in [-0.05, 0) is 41.3 Å². The van der Waals surface area contributed by atoms with Gasteiger partial charge < -0.3 is 19.9 Å². The van der Waals surface area contributed by atoms with Gasteiger partial charge in [-0.1, -0.05) is 48.0 Å². The molecule has 0 fully saturated rings. The van der Waals surface area contributed by atoms with E-state index in [1.807, 2.05) is 36.4 Å². The highest BCUT2D eigenvalue weighted by Crippen LogP contribution is 2.22. The van der Waals surface area contributed by atoms with E-state index in [1.165, 1.54) is 0 Å². The Morgan fingerprint density at radius 2 is 1.84 bits per heavy atom. The number of ether oxygens (including phenoxy) is 1. The topological polar surface area (TPSA) is 67.7 Å². The fraction of sp³-hybridized carbons (Fsp3) is 0.250. The number of aliphatic imine (C=N–C) groups is 1. The van der Waals surface area contributed by atoms with E-state index in [2.05, 4.69) is 27.8 Å². The fourth-order valence-corrected chi connectivity index (χ4v) is 3.40. The Hall–Kier alpha value is -3.25. The van der Waals surface area contributed by atoms with Gasteiger partial charge in [0, 0.05) is 37.4 Å². The molecule has 0 unspecified atom stereocenters. The number of guanidine groups is 1. The summed E-state index contributed by atoms with van der Waals surface area (Å²) in [6, 6.07) is 19.1. The van der Waals surface area contributed by atoms with Crippen LogP contribution < -0.4 is 20.9 Å². The van der Waals surface area contributed by atoms with Crippen molar-refractivity contribution in [2.45, 2.75) is 19.5 Å². The van der Waals surface area contributed by atoms with Crippen LogP contribution in [0.25, 0.3) is 0 Å². The van der Waals surface area contributed by atoms with Crippen LogP contribution in [0, 0.1) is 0 Å². The summed E-state index contributed by atoms with van der Waals surface area (Å²) in [6.07, 6.45) is 2.57. The van der Waals surface area contributed by atoms with Crippen LogP contribution in [0.1, 0.15) is 16.7 Å². The molecular formula is C24H27ClN4O2. The normalized spacial score (nSPS) is 11.3. The minimum atomic E-state index is -0.000885. The van der Waals surface area contributed by atoms with Crippen molar-refractivity contribution in [1.82, 2.24) is 15.2 Å². The average molecular weight is 439 g/mol. The SMILES string of the molecule is CN=C(NCCc1ccc(OC)cc1Cl)NCc1ccc(Cn2ccccc2=O)cc1. The smallest absolute Gasteiger partial charge is 0.250 e. The Balaban J connectivity index is 1.47. The van der Waals surface area contributed by atoms with E-state index >= 15 is 0 Å². The number of pyridine rings is 1. The van der Waals surface area contributed by atoms with Gasteiger partial charge in [-0.3, -0.25) is 9.79 Å². The zero-order valence-corrected chi connectivity index (χ0v) is 18.5. The molecule has 7 heteroatoms. The van der Waals surface area contributed by atoms with Crippen LogP contribution in [0.4, 0.5) is 0 Å². The monoisotopic (exact) mass is 438 g/mol. The van der Waals surface area contributed by atoms with Gasteiger partial charge in [0.15, 0.2) is 5.96 Å². The Morgan fingerprint density at radius 1 is 1.06 bits per heavy atom. The minimum absolute atomic E-state index is 0.000885. The summed E-state index contributed by atoms with van der Waals surface area (Å²) < 4.78 is 6.87. The van der Waals surface area contributed by atoms with Gasteiger partial charge >= 0.3 is 0 Å². The van der Waals surface area contributed by atoms with Crippen LogP contribution in [0.5, 0.6) is 5.75 Å². The third-order valence-corrected chi connectivity index (χ3v) is 5.26. The number of aromatic nitrogens is 1. The zero-order valence-electron chi connectivity index (χ0n) is 17.8. The maximum Gasteiger partial charge on any atom is 0.250 e. The first-order chi connectivity index (χ1) is 15.1. The number of nitrogens with one attached hydrogen (secondary N) is 2. The molecular weight excluding hydrogens is 412 g/mol. The van der Waals surface area contributed by atoms with Crippen molar-refractivity contribution in [1.29, 1.82) is 0 Å². The summed E-state index contributed by atoms with van der Waals surface area (Å²) in [5.74, 6) is 1.48. The summed E-state index contributed by atoms with van der Waals surface area (Å²) in [5, 5.41) is 7.32. The predicted octanol–water partition coefficient (Wildman–Crippen LogP) is 3.47. The molecule has 3 rings (SSSR count). The first-order valence-electron chi connectivity index (χ1n) is 10.1. The largest absolute Gasteiger partial charge is 0.497 e. The highest BCUT2D eigenvalue weighted by molar-refractivity contribution is 6.31. The van der Waals surface area contributed by atoms with Gasteiger partial charge in [0.25, 0.3) is 5.56 Å². The molecule has 2 aromatic carbocycles. The lowest BCUT2D eigenvalue weighted by atomic mass is 10.1. The van der Waals surface area contributed by atoms with E-state index < -0.39 is 0 Å². The summed E-state index contributed by atoms with van der Waals surface area (Å²) >= 11 is 6.30. The molecule has 6 nitrogen and oxygen atoms in total. The van der Waals surface area contributed by atoms with Gasteiger partial charge in [0.2, 0.25) is 0 Å². The molecule has 0 spiro atoms. The first kappa shape index (κ1) is 22.4. The molecule has 0 radical (unpaired) electrons. The Labute approximate surface area is 187 Å². The number of hydrogen-bond donors (Lipinski definition) is 2. The van der Waals surface area contributed by atoms with Gasteiger partial charge in [0.05, 0.1) is 13.7 Å². The van der Waals surface area contributed by atoms with Crippen molar-refractivity contribution in [2.24, 2.45) is 4.99 Å². The number of rotatable bonds is 8. The summed E-state index contributed by atoms with van der Waals surface area (Å²) in [5.41, 5.74) is 3.26.